The largest absolute Gasteiger partial charge is 0.458 e. The van der Waals surface area contributed by atoms with Crippen molar-refractivity contribution < 1.29 is 23.8 Å². The van der Waals surface area contributed by atoms with Gasteiger partial charge in [-0.15, -0.1) is 0 Å². The van der Waals surface area contributed by atoms with Crippen molar-refractivity contribution in [1.29, 1.82) is 0 Å². The highest BCUT2D eigenvalue weighted by Crippen LogP contribution is 2.32. The molecule has 1 aliphatic heterocycles. The Morgan fingerprint density at radius 2 is 2.00 bits per heavy atom. The van der Waals surface area contributed by atoms with Gasteiger partial charge in [-0.25, -0.2) is 4.98 Å². The third-order valence-corrected chi connectivity index (χ3v) is 4.27. The molecule has 9 heteroatoms. The minimum Gasteiger partial charge on any atom is -0.458 e. The van der Waals surface area contributed by atoms with Gasteiger partial charge in [-0.3, -0.25) is 18.8 Å². The maximum Gasteiger partial charge on any atom is 0.325 e. The van der Waals surface area contributed by atoms with Gasteiger partial charge in [0.25, 0.3) is 11.5 Å². The summed E-state index contributed by atoms with van der Waals surface area (Å²) in [5.74, 6) is -0.0540. The predicted molar refractivity (Wildman–Crippen MR) is 101 cm³/mol. The van der Waals surface area contributed by atoms with E-state index in [0.717, 1.165) is 5.56 Å². The quantitative estimate of drug-likeness (QED) is 0.647. The van der Waals surface area contributed by atoms with E-state index >= 15 is 0 Å². The van der Waals surface area contributed by atoms with E-state index in [9.17, 15) is 14.4 Å². The summed E-state index contributed by atoms with van der Waals surface area (Å²) in [7, 11) is 0. The molecule has 2 aromatic heterocycles. The fraction of sp³-hybridized carbons (Fsp3) is 0.200. The van der Waals surface area contributed by atoms with Crippen LogP contribution in [0.25, 0.3) is 5.65 Å². The van der Waals surface area contributed by atoms with Crippen LogP contribution in [0, 0.1) is 6.92 Å². The molecular formula is C20H17N3O6. The van der Waals surface area contributed by atoms with Crippen LogP contribution >= 0.6 is 0 Å². The molecule has 1 aromatic carbocycles. The average molecular weight is 395 g/mol. The van der Waals surface area contributed by atoms with Crippen LogP contribution < -0.4 is 20.3 Å². The minimum absolute atomic E-state index is 0.110. The molecule has 3 heterocycles. The molecular weight excluding hydrogens is 378 g/mol. The van der Waals surface area contributed by atoms with Gasteiger partial charge in [0.05, 0.1) is 5.69 Å². The molecule has 9 nitrogen and oxygen atoms in total. The number of hydrogen-bond acceptors (Lipinski definition) is 7. The van der Waals surface area contributed by atoms with Gasteiger partial charge in [0.2, 0.25) is 6.79 Å². The molecule has 3 aromatic rings. The Morgan fingerprint density at radius 1 is 1.17 bits per heavy atom. The summed E-state index contributed by atoms with van der Waals surface area (Å²) in [6.07, 6.45) is 1.69. The van der Waals surface area contributed by atoms with E-state index < -0.39 is 11.9 Å². The van der Waals surface area contributed by atoms with Crippen molar-refractivity contribution in [2.75, 3.05) is 13.3 Å². The molecule has 148 valence electrons. The first kappa shape index (κ1) is 18.5. The van der Waals surface area contributed by atoms with Crippen LogP contribution in [-0.2, 0) is 16.1 Å². The van der Waals surface area contributed by atoms with Crippen molar-refractivity contribution in [3.8, 4) is 11.5 Å². The van der Waals surface area contributed by atoms with Crippen LogP contribution in [0.2, 0.25) is 0 Å². The molecule has 0 aliphatic carbocycles. The Balaban J connectivity index is 1.33. The number of fused-ring (bicyclic) bond motifs is 2. The summed E-state index contributed by atoms with van der Waals surface area (Å²) in [6.45, 7) is 1.50. The Hall–Kier alpha value is -3.88. The number of benzene rings is 1. The predicted octanol–water partition coefficient (Wildman–Crippen LogP) is 1.20. The van der Waals surface area contributed by atoms with E-state index in [-0.39, 0.29) is 25.5 Å². The molecule has 0 bridgehead atoms. The zero-order valence-electron chi connectivity index (χ0n) is 15.5. The topological polar surface area (TPSA) is 108 Å². The Kier molecular flexibility index (Phi) is 4.86. The molecule has 29 heavy (non-hydrogen) atoms. The molecule has 4 rings (SSSR count). The molecule has 0 saturated carbocycles. The average Bonchev–Trinajstić information content (AvgIpc) is 3.19. The molecule has 0 radical (unpaired) electrons. The van der Waals surface area contributed by atoms with E-state index in [2.05, 4.69) is 10.3 Å². The van der Waals surface area contributed by atoms with E-state index in [1.807, 2.05) is 13.0 Å². The second-order valence-corrected chi connectivity index (χ2v) is 6.43. The number of carbonyl (C=O) groups is 2. The number of carbonyl (C=O) groups excluding carboxylic acids is 2. The standard InChI is InChI=1S/C20H17N3O6/c1-12-2-5-17-22-14(7-18(24)23(17)9-12)10-27-19(25)8-21-20(26)13-3-4-15-16(6-13)29-11-28-15/h2-7,9H,8,10-11H2,1H3,(H,21,26). The highest BCUT2D eigenvalue weighted by atomic mass is 16.7. The smallest absolute Gasteiger partial charge is 0.325 e. The lowest BCUT2D eigenvalue weighted by atomic mass is 10.2. The number of esters is 1. The summed E-state index contributed by atoms with van der Waals surface area (Å²) in [5, 5.41) is 2.48. The van der Waals surface area contributed by atoms with Crippen molar-refractivity contribution in [3.05, 3.63) is 69.8 Å². The zero-order valence-corrected chi connectivity index (χ0v) is 15.5. The van der Waals surface area contributed by atoms with Crippen LogP contribution in [0.15, 0.2) is 47.4 Å². The van der Waals surface area contributed by atoms with E-state index in [0.29, 0.717) is 28.4 Å². The van der Waals surface area contributed by atoms with Crippen molar-refractivity contribution in [2.24, 2.45) is 0 Å². The monoisotopic (exact) mass is 395 g/mol. The van der Waals surface area contributed by atoms with Gasteiger partial charge >= 0.3 is 5.97 Å². The van der Waals surface area contributed by atoms with Gasteiger partial charge in [0.15, 0.2) is 11.5 Å². The Morgan fingerprint density at radius 3 is 2.86 bits per heavy atom. The molecule has 1 aliphatic rings. The molecule has 1 N–H and O–H groups in total. The fourth-order valence-corrected chi connectivity index (χ4v) is 2.83. The fourth-order valence-electron chi connectivity index (χ4n) is 2.83. The number of pyridine rings is 1. The first-order chi connectivity index (χ1) is 14.0. The number of rotatable bonds is 5. The van der Waals surface area contributed by atoms with Crippen molar-refractivity contribution >= 4 is 17.5 Å². The summed E-state index contributed by atoms with van der Waals surface area (Å²) >= 11 is 0. The third kappa shape index (κ3) is 4.03. The van der Waals surface area contributed by atoms with E-state index in [1.54, 1.807) is 24.4 Å². The number of aryl methyl sites for hydroxylation is 1. The number of aromatic nitrogens is 2. The summed E-state index contributed by atoms with van der Waals surface area (Å²) in [4.78, 5) is 40.6. The Bertz CT molecular complexity index is 1170. The van der Waals surface area contributed by atoms with Crippen molar-refractivity contribution in [2.45, 2.75) is 13.5 Å². The summed E-state index contributed by atoms with van der Waals surface area (Å²) in [6, 6.07) is 9.60. The van der Waals surface area contributed by atoms with Crippen molar-refractivity contribution in [3.63, 3.8) is 0 Å². The van der Waals surface area contributed by atoms with Crippen LogP contribution in [0.4, 0.5) is 0 Å². The molecule has 1 amide bonds. The SMILES string of the molecule is Cc1ccc2nc(COC(=O)CNC(=O)c3ccc4c(c3)OCO4)cc(=O)n2c1. The molecule has 0 spiro atoms. The second-order valence-electron chi connectivity index (χ2n) is 6.43. The first-order valence-corrected chi connectivity index (χ1v) is 8.82. The maximum atomic E-state index is 12.2. The van der Waals surface area contributed by atoms with Gasteiger partial charge in [-0.1, -0.05) is 6.07 Å². The van der Waals surface area contributed by atoms with Crippen LogP contribution in [-0.4, -0.2) is 34.6 Å². The molecule has 0 atom stereocenters. The van der Waals surface area contributed by atoms with Gasteiger partial charge < -0.3 is 19.5 Å². The first-order valence-electron chi connectivity index (χ1n) is 8.82. The number of nitrogens with one attached hydrogen (secondary N) is 1. The highest BCUT2D eigenvalue weighted by molar-refractivity contribution is 5.96. The summed E-state index contributed by atoms with van der Waals surface area (Å²) in [5.41, 5.74) is 1.79. The lowest BCUT2D eigenvalue weighted by Crippen LogP contribution is -2.30. The van der Waals surface area contributed by atoms with Gasteiger partial charge in [0.1, 0.15) is 18.8 Å². The minimum atomic E-state index is -0.648. The molecule has 0 fully saturated rings. The van der Waals surface area contributed by atoms with Gasteiger partial charge in [-0.2, -0.15) is 0 Å². The highest BCUT2D eigenvalue weighted by Gasteiger charge is 2.17. The lowest BCUT2D eigenvalue weighted by Gasteiger charge is -2.08. The zero-order chi connectivity index (χ0) is 20.4. The number of nitrogens with zero attached hydrogens (tertiary/aromatic N) is 2. The van der Waals surface area contributed by atoms with Crippen LogP contribution in [0.1, 0.15) is 21.6 Å². The number of ether oxygens (including phenoxy) is 3. The lowest BCUT2D eigenvalue weighted by molar-refractivity contribution is -0.143. The summed E-state index contributed by atoms with van der Waals surface area (Å²) < 4.78 is 16.9. The molecule has 0 unspecified atom stereocenters. The van der Waals surface area contributed by atoms with E-state index in [4.69, 9.17) is 14.2 Å². The van der Waals surface area contributed by atoms with Crippen LogP contribution in [0.5, 0.6) is 11.5 Å². The number of amides is 1. The number of hydrogen-bond donors (Lipinski definition) is 1. The normalized spacial score (nSPS) is 12.0. The van der Waals surface area contributed by atoms with Gasteiger partial charge in [0, 0.05) is 17.8 Å². The second kappa shape index (κ2) is 7.63. The Labute approximate surface area is 164 Å². The van der Waals surface area contributed by atoms with E-state index in [1.165, 1.54) is 16.5 Å². The van der Waals surface area contributed by atoms with Crippen LogP contribution in [0.3, 0.4) is 0 Å². The maximum absolute atomic E-state index is 12.2. The third-order valence-electron chi connectivity index (χ3n) is 4.27. The van der Waals surface area contributed by atoms with Gasteiger partial charge in [-0.05, 0) is 36.8 Å². The molecule has 0 saturated heterocycles. The van der Waals surface area contributed by atoms with Crippen molar-refractivity contribution in [1.82, 2.24) is 14.7 Å².